The molecule has 4 N–H and O–H groups in total. The van der Waals surface area contributed by atoms with Gasteiger partial charge in [-0.1, -0.05) is 27.7 Å². The standard InChI is InChI=1S/C27H36F2N4O5/c1-13(2)22(30)26(37)33-11-16-21(27(16,3)4)23(33)25(36)32-18(9-14-7-8-31-24(14)35)19(34)12-38-20-6-5-15(28)10-17(20)29/h5-6,10,13-14,16,18,21-23H,7-9,11-12,30H2,1-4H3,(H,31,35)(H,32,36)/t14-,16-,18-,21-,22-,23-/m0/s1. The number of amides is 3. The summed E-state index contributed by atoms with van der Waals surface area (Å²) in [6, 6.07) is 0.0671. The zero-order valence-corrected chi connectivity index (χ0v) is 22.1. The smallest absolute Gasteiger partial charge is 0.243 e. The predicted octanol–water partition coefficient (Wildman–Crippen LogP) is 1.39. The van der Waals surface area contributed by atoms with E-state index in [-0.39, 0.29) is 47.2 Å². The average molecular weight is 535 g/mol. The van der Waals surface area contributed by atoms with E-state index < -0.39 is 54.0 Å². The minimum Gasteiger partial charge on any atom is -0.483 e. The first-order chi connectivity index (χ1) is 17.8. The number of rotatable bonds is 10. The molecule has 9 nitrogen and oxygen atoms in total. The molecule has 2 saturated heterocycles. The van der Waals surface area contributed by atoms with Crippen molar-refractivity contribution in [3.05, 3.63) is 29.8 Å². The minimum atomic E-state index is -1.10. The van der Waals surface area contributed by atoms with Crippen LogP contribution in [0.1, 0.15) is 40.5 Å². The number of carbonyl (C=O) groups excluding carboxylic acids is 4. The number of likely N-dealkylation sites (tertiary alicyclic amines) is 1. The maximum atomic E-state index is 14.0. The van der Waals surface area contributed by atoms with Gasteiger partial charge >= 0.3 is 0 Å². The fourth-order valence-corrected chi connectivity index (χ4v) is 5.81. The number of halogens is 2. The summed E-state index contributed by atoms with van der Waals surface area (Å²) < 4.78 is 32.5. The lowest BCUT2D eigenvalue weighted by Gasteiger charge is -2.33. The first kappa shape index (κ1) is 27.9. The fourth-order valence-electron chi connectivity index (χ4n) is 5.81. The molecule has 3 aliphatic rings. The highest BCUT2D eigenvalue weighted by Crippen LogP contribution is 2.64. The highest BCUT2D eigenvalue weighted by atomic mass is 19.1. The van der Waals surface area contributed by atoms with Crippen LogP contribution in [-0.4, -0.2) is 66.2 Å². The molecule has 38 heavy (non-hydrogen) atoms. The summed E-state index contributed by atoms with van der Waals surface area (Å²) in [7, 11) is 0. The Balaban J connectivity index is 1.52. The van der Waals surface area contributed by atoms with Crippen LogP contribution in [0, 0.1) is 40.7 Å². The van der Waals surface area contributed by atoms with E-state index in [2.05, 4.69) is 10.6 Å². The number of piperidine rings is 1. The lowest BCUT2D eigenvalue weighted by atomic mass is 9.94. The van der Waals surface area contributed by atoms with Crippen LogP contribution in [0.4, 0.5) is 8.78 Å². The number of Topliss-reactive ketones (excluding diaryl/α,β-unsaturated/α-hetero) is 1. The van der Waals surface area contributed by atoms with Gasteiger partial charge in [0.25, 0.3) is 0 Å². The zero-order valence-electron chi connectivity index (χ0n) is 22.1. The second-order valence-electron chi connectivity index (χ2n) is 11.6. The lowest BCUT2D eigenvalue weighted by molar-refractivity contribution is -0.143. The number of hydrogen-bond acceptors (Lipinski definition) is 6. The molecule has 1 aromatic rings. The Morgan fingerprint density at radius 1 is 1.26 bits per heavy atom. The molecule has 0 unspecified atom stereocenters. The van der Waals surface area contributed by atoms with E-state index in [0.29, 0.717) is 25.6 Å². The average Bonchev–Trinajstić information content (AvgIpc) is 3.20. The molecule has 3 amide bonds. The number of carbonyl (C=O) groups is 4. The molecular weight excluding hydrogens is 498 g/mol. The van der Waals surface area contributed by atoms with Gasteiger partial charge in [0.05, 0.1) is 12.1 Å². The molecule has 1 saturated carbocycles. The largest absolute Gasteiger partial charge is 0.483 e. The normalized spacial score (nSPS) is 26.9. The first-order valence-corrected chi connectivity index (χ1v) is 13.1. The number of nitrogens with two attached hydrogens (primary N) is 1. The third kappa shape index (κ3) is 5.39. The van der Waals surface area contributed by atoms with Gasteiger partial charge in [-0.25, -0.2) is 8.78 Å². The molecule has 1 aromatic carbocycles. The fraction of sp³-hybridized carbons (Fsp3) is 0.630. The van der Waals surface area contributed by atoms with Gasteiger partial charge in [-0.15, -0.1) is 0 Å². The number of benzene rings is 1. The van der Waals surface area contributed by atoms with E-state index in [1.807, 2.05) is 27.7 Å². The van der Waals surface area contributed by atoms with E-state index >= 15 is 0 Å². The summed E-state index contributed by atoms with van der Waals surface area (Å²) >= 11 is 0. The number of nitrogens with one attached hydrogen (secondary N) is 2. The molecule has 2 heterocycles. The van der Waals surface area contributed by atoms with Gasteiger partial charge in [0.1, 0.15) is 18.5 Å². The van der Waals surface area contributed by atoms with Crippen molar-refractivity contribution < 1.29 is 32.7 Å². The van der Waals surface area contributed by atoms with Gasteiger partial charge in [-0.05, 0) is 48.1 Å². The van der Waals surface area contributed by atoms with Crippen LogP contribution >= 0.6 is 0 Å². The number of nitrogens with zero attached hydrogens (tertiary/aromatic N) is 1. The van der Waals surface area contributed by atoms with Crippen LogP contribution in [0.15, 0.2) is 18.2 Å². The van der Waals surface area contributed by atoms with Crippen molar-refractivity contribution in [2.75, 3.05) is 19.7 Å². The van der Waals surface area contributed by atoms with Gasteiger partial charge in [0, 0.05) is 25.1 Å². The Morgan fingerprint density at radius 2 is 1.97 bits per heavy atom. The van der Waals surface area contributed by atoms with Crippen LogP contribution in [0.3, 0.4) is 0 Å². The Labute approximate surface area is 220 Å². The van der Waals surface area contributed by atoms with E-state index in [0.717, 1.165) is 12.1 Å². The summed E-state index contributed by atoms with van der Waals surface area (Å²) in [5.74, 6) is -4.18. The predicted molar refractivity (Wildman–Crippen MR) is 134 cm³/mol. The Bertz CT molecular complexity index is 1130. The number of hydrogen-bond donors (Lipinski definition) is 3. The molecule has 1 aliphatic carbocycles. The summed E-state index contributed by atoms with van der Waals surface area (Å²) in [4.78, 5) is 53.8. The molecule has 0 radical (unpaired) electrons. The first-order valence-electron chi connectivity index (χ1n) is 13.1. The van der Waals surface area contributed by atoms with E-state index in [4.69, 9.17) is 10.5 Å². The molecule has 0 spiro atoms. The minimum absolute atomic E-state index is 0.0370. The van der Waals surface area contributed by atoms with Crippen molar-refractivity contribution in [1.29, 1.82) is 0 Å². The molecule has 4 rings (SSSR count). The second kappa shape index (κ2) is 10.6. The van der Waals surface area contributed by atoms with E-state index in [1.54, 1.807) is 0 Å². The molecule has 0 aromatic heterocycles. The SMILES string of the molecule is CC(C)[C@H](N)C(=O)N1C[C@H]2[C@@H]([C@H]1C(=O)N[C@@H](C[C@@H]1CCNC1=O)C(=O)COc1ccc(F)cc1F)C2(C)C. The molecule has 0 bridgehead atoms. The Kier molecular flexibility index (Phi) is 7.79. The zero-order chi connectivity index (χ0) is 27.9. The molecule has 3 fully saturated rings. The van der Waals surface area contributed by atoms with Gasteiger partial charge in [-0.2, -0.15) is 0 Å². The maximum Gasteiger partial charge on any atom is 0.243 e. The van der Waals surface area contributed by atoms with Crippen LogP contribution in [0.25, 0.3) is 0 Å². The maximum absolute atomic E-state index is 14.0. The number of fused-ring (bicyclic) bond motifs is 1. The topological polar surface area (TPSA) is 131 Å². The van der Waals surface area contributed by atoms with Crippen LogP contribution in [-0.2, 0) is 19.2 Å². The number of ketones is 1. The van der Waals surface area contributed by atoms with Crippen molar-refractivity contribution >= 4 is 23.5 Å². The van der Waals surface area contributed by atoms with Crippen molar-refractivity contribution in [3.8, 4) is 5.75 Å². The summed E-state index contributed by atoms with van der Waals surface area (Å²) in [6.07, 6.45) is 0.538. The highest BCUT2D eigenvalue weighted by Gasteiger charge is 2.69. The van der Waals surface area contributed by atoms with Gasteiger partial charge in [0.2, 0.25) is 17.7 Å². The summed E-state index contributed by atoms with van der Waals surface area (Å²) in [5, 5.41) is 5.49. The van der Waals surface area contributed by atoms with E-state index in [9.17, 15) is 28.0 Å². The third-order valence-corrected chi connectivity index (χ3v) is 8.42. The number of ether oxygens (including phenoxy) is 1. The Hall–Kier alpha value is -3.08. The summed E-state index contributed by atoms with van der Waals surface area (Å²) in [6.45, 7) is 8.04. The van der Waals surface area contributed by atoms with E-state index in [1.165, 1.54) is 4.90 Å². The Morgan fingerprint density at radius 3 is 2.58 bits per heavy atom. The van der Waals surface area contributed by atoms with Crippen LogP contribution in [0.2, 0.25) is 0 Å². The van der Waals surface area contributed by atoms with Gasteiger partial charge in [0.15, 0.2) is 17.3 Å². The highest BCUT2D eigenvalue weighted by molar-refractivity contribution is 5.95. The van der Waals surface area contributed by atoms with Crippen molar-refractivity contribution in [2.24, 2.45) is 34.8 Å². The monoisotopic (exact) mass is 534 g/mol. The van der Waals surface area contributed by atoms with Crippen molar-refractivity contribution in [2.45, 2.75) is 58.7 Å². The van der Waals surface area contributed by atoms with Crippen LogP contribution in [0.5, 0.6) is 5.75 Å². The van der Waals surface area contributed by atoms with Crippen molar-refractivity contribution in [1.82, 2.24) is 15.5 Å². The second-order valence-corrected chi connectivity index (χ2v) is 11.6. The molecule has 11 heteroatoms. The van der Waals surface area contributed by atoms with Gasteiger partial charge < -0.3 is 26.0 Å². The molecule has 2 aliphatic heterocycles. The molecule has 6 atom stereocenters. The summed E-state index contributed by atoms with van der Waals surface area (Å²) in [5.41, 5.74) is 5.98. The molecule has 208 valence electrons. The van der Waals surface area contributed by atoms with Crippen LogP contribution < -0.4 is 21.1 Å². The molecular formula is C27H36F2N4O5. The van der Waals surface area contributed by atoms with Gasteiger partial charge in [-0.3, -0.25) is 19.2 Å². The lowest BCUT2D eigenvalue weighted by Crippen LogP contribution is -2.57. The van der Waals surface area contributed by atoms with Crippen molar-refractivity contribution in [3.63, 3.8) is 0 Å². The quantitative estimate of drug-likeness (QED) is 0.416. The third-order valence-electron chi connectivity index (χ3n) is 8.42.